The summed E-state index contributed by atoms with van der Waals surface area (Å²) < 4.78 is 5.45. The molecule has 0 bridgehead atoms. The molecule has 82 valence electrons. The molecule has 1 N–H and O–H groups in total. The fourth-order valence-electron chi connectivity index (χ4n) is 1.36. The summed E-state index contributed by atoms with van der Waals surface area (Å²) in [7, 11) is 0. The van der Waals surface area contributed by atoms with Gasteiger partial charge >= 0.3 is 0 Å². The third kappa shape index (κ3) is 3.41. The largest absolute Gasteiger partial charge is 0.444 e. The van der Waals surface area contributed by atoms with E-state index in [2.05, 4.69) is 23.1 Å². The second-order valence-corrected chi connectivity index (χ2v) is 3.64. The van der Waals surface area contributed by atoms with E-state index in [0.717, 1.165) is 24.3 Å². The average Bonchev–Trinajstić information content (AvgIpc) is 2.53. The summed E-state index contributed by atoms with van der Waals surface area (Å²) in [5.41, 5.74) is 0.944. The maximum atomic E-state index is 5.45. The second-order valence-electron chi connectivity index (χ2n) is 3.64. The molecule has 0 fully saturated rings. The van der Waals surface area contributed by atoms with Crippen molar-refractivity contribution in [3.05, 3.63) is 17.3 Å². The first-order chi connectivity index (χ1) is 7.17. The molecule has 3 heteroatoms. The lowest BCUT2D eigenvalue weighted by Crippen LogP contribution is -2.26. The molecule has 0 saturated carbocycles. The second kappa shape index (κ2) is 5.57. The topological polar surface area (TPSA) is 38.1 Å². The highest BCUT2D eigenvalue weighted by Crippen LogP contribution is 2.08. The lowest BCUT2D eigenvalue weighted by atomic mass is 10.2. The number of terminal acetylenes is 1. The van der Waals surface area contributed by atoms with Crippen LogP contribution >= 0.6 is 0 Å². The Bertz CT molecular complexity index is 329. The van der Waals surface area contributed by atoms with Gasteiger partial charge in [0, 0.05) is 0 Å². The van der Waals surface area contributed by atoms with Gasteiger partial charge in [-0.05, 0) is 20.3 Å². The first kappa shape index (κ1) is 11.8. The Morgan fingerprint density at radius 1 is 1.53 bits per heavy atom. The molecule has 0 amide bonds. The van der Waals surface area contributed by atoms with Crippen LogP contribution in [0.15, 0.2) is 4.42 Å². The van der Waals surface area contributed by atoms with Crippen LogP contribution in [0.4, 0.5) is 0 Å². The van der Waals surface area contributed by atoms with Crippen molar-refractivity contribution in [3.63, 3.8) is 0 Å². The average molecular weight is 206 g/mol. The number of hydrogen-bond donors (Lipinski definition) is 1. The number of aromatic nitrogens is 1. The molecule has 1 atom stereocenters. The first-order valence-corrected chi connectivity index (χ1v) is 5.29. The van der Waals surface area contributed by atoms with Crippen molar-refractivity contribution >= 4 is 0 Å². The molecule has 15 heavy (non-hydrogen) atoms. The van der Waals surface area contributed by atoms with E-state index in [1.807, 2.05) is 13.8 Å². The Morgan fingerprint density at radius 3 is 2.73 bits per heavy atom. The molecule has 0 aliphatic rings. The van der Waals surface area contributed by atoms with E-state index in [4.69, 9.17) is 10.8 Å². The maximum Gasteiger partial charge on any atom is 0.208 e. The van der Waals surface area contributed by atoms with Crippen molar-refractivity contribution in [1.29, 1.82) is 0 Å². The van der Waals surface area contributed by atoms with Crippen LogP contribution in [0.5, 0.6) is 0 Å². The molecule has 0 spiro atoms. The molecule has 1 unspecified atom stereocenters. The number of nitrogens with one attached hydrogen (secondary N) is 1. The molecule has 1 heterocycles. The summed E-state index contributed by atoms with van der Waals surface area (Å²) in [6, 6.07) is 0.113. The number of aryl methyl sites for hydroxylation is 2. The minimum Gasteiger partial charge on any atom is -0.444 e. The zero-order chi connectivity index (χ0) is 11.3. The summed E-state index contributed by atoms with van der Waals surface area (Å²) in [5.74, 6) is 4.30. The van der Waals surface area contributed by atoms with Crippen molar-refractivity contribution in [2.24, 2.45) is 0 Å². The Kier molecular flexibility index (Phi) is 4.38. The van der Waals surface area contributed by atoms with Crippen LogP contribution in [0.25, 0.3) is 0 Å². The molecule has 1 aromatic heterocycles. The van der Waals surface area contributed by atoms with Crippen molar-refractivity contribution in [3.8, 4) is 12.3 Å². The van der Waals surface area contributed by atoms with Crippen molar-refractivity contribution in [1.82, 2.24) is 10.3 Å². The van der Waals surface area contributed by atoms with E-state index >= 15 is 0 Å². The predicted octanol–water partition coefficient (Wildman–Crippen LogP) is 2.18. The van der Waals surface area contributed by atoms with Crippen molar-refractivity contribution in [2.45, 2.75) is 46.2 Å². The number of hydrogen-bond acceptors (Lipinski definition) is 3. The summed E-state index contributed by atoms with van der Waals surface area (Å²) in [6.07, 6.45) is 7.45. The Labute approximate surface area is 91.3 Å². The third-order valence-electron chi connectivity index (χ3n) is 2.35. The van der Waals surface area contributed by atoms with Crippen LogP contribution in [-0.4, -0.2) is 11.0 Å². The molecule has 0 aliphatic heterocycles. The SMILES string of the molecule is C#CC(CCC)NCc1nc(C)c(C)o1. The monoisotopic (exact) mass is 206 g/mol. The normalized spacial score (nSPS) is 12.4. The summed E-state index contributed by atoms with van der Waals surface area (Å²) in [6.45, 7) is 6.57. The fourth-order valence-corrected chi connectivity index (χ4v) is 1.36. The number of nitrogens with zero attached hydrogens (tertiary/aromatic N) is 1. The van der Waals surface area contributed by atoms with Gasteiger partial charge in [-0.3, -0.25) is 5.32 Å². The van der Waals surface area contributed by atoms with Crippen LogP contribution in [0.2, 0.25) is 0 Å². The van der Waals surface area contributed by atoms with Gasteiger partial charge in [0.25, 0.3) is 0 Å². The standard InChI is InChI=1S/C12H18N2O/c1-5-7-11(6-2)13-8-12-14-9(3)10(4)15-12/h2,11,13H,5,7-8H2,1,3-4H3. The third-order valence-corrected chi connectivity index (χ3v) is 2.35. The van der Waals surface area contributed by atoms with Gasteiger partial charge in [0.15, 0.2) is 0 Å². The smallest absolute Gasteiger partial charge is 0.208 e. The zero-order valence-electron chi connectivity index (χ0n) is 9.63. The van der Waals surface area contributed by atoms with Gasteiger partial charge in [-0.15, -0.1) is 6.42 Å². The highest BCUT2D eigenvalue weighted by molar-refractivity contribution is 5.06. The molecule has 0 aliphatic carbocycles. The van der Waals surface area contributed by atoms with Gasteiger partial charge in [0.05, 0.1) is 18.3 Å². The van der Waals surface area contributed by atoms with Crippen LogP contribution < -0.4 is 5.32 Å². The van der Waals surface area contributed by atoms with Gasteiger partial charge in [-0.1, -0.05) is 19.3 Å². The van der Waals surface area contributed by atoms with E-state index in [0.29, 0.717) is 12.4 Å². The van der Waals surface area contributed by atoms with Crippen LogP contribution in [0.3, 0.4) is 0 Å². The van der Waals surface area contributed by atoms with Crippen LogP contribution in [0, 0.1) is 26.2 Å². The number of rotatable bonds is 5. The van der Waals surface area contributed by atoms with Gasteiger partial charge < -0.3 is 4.42 Å². The van der Waals surface area contributed by atoms with Gasteiger partial charge in [-0.25, -0.2) is 4.98 Å². The molecule has 0 saturated heterocycles. The molecule has 0 aromatic carbocycles. The van der Waals surface area contributed by atoms with Crippen LogP contribution in [0.1, 0.15) is 37.1 Å². The minimum absolute atomic E-state index is 0.113. The highest BCUT2D eigenvalue weighted by atomic mass is 16.4. The number of oxazole rings is 1. The van der Waals surface area contributed by atoms with Gasteiger partial charge in [0.1, 0.15) is 5.76 Å². The molecular weight excluding hydrogens is 188 g/mol. The zero-order valence-corrected chi connectivity index (χ0v) is 9.63. The van der Waals surface area contributed by atoms with E-state index in [1.165, 1.54) is 0 Å². The van der Waals surface area contributed by atoms with E-state index in [1.54, 1.807) is 0 Å². The van der Waals surface area contributed by atoms with Crippen molar-refractivity contribution in [2.75, 3.05) is 0 Å². The summed E-state index contributed by atoms with van der Waals surface area (Å²) in [5, 5.41) is 3.23. The molecular formula is C12H18N2O. The van der Waals surface area contributed by atoms with Crippen LogP contribution in [-0.2, 0) is 6.54 Å². The van der Waals surface area contributed by atoms with Gasteiger partial charge in [0.2, 0.25) is 5.89 Å². The summed E-state index contributed by atoms with van der Waals surface area (Å²) in [4.78, 5) is 4.28. The van der Waals surface area contributed by atoms with E-state index in [9.17, 15) is 0 Å². The molecule has 1 aromatic rings. The molecule has 0 radical (unpaired) electrons. The minimum atomic E-state index is 0.113. The highest BCUT2D eigenvalue weighted by Gasteiger charge is 2.07. The molecule has 3 nitrogen and oxygen atoms in total. The van der Waals surface area contributed by atoms with Gasteiger partial charge in [-0.2, -0.15) is 0 Å². The van der Waals surface area contributed by atoms with Crippen molar-refractivity contribution < 1.29 is 4.42 Å². The Morgan fingerprint density at radius 2 is 2.27 bits per heavy atom. The lowest BCUT2D eigenvalue weighted by molar-refractivity contribution is 0.434. The summed E-state index contributed by atoms with van der Waals surface area (Å²) >= 11 is 0. The van der Waals surface area contributed by atoms with E-state index < -0.39 is 0 Å². The molecule has 1 rings (SSSR count). The quantitative estimate of drug-likeness (QED) is 0.750. The first-order valence-electron chi connectivity index (χ1n) is 5.29. The predicted molar refractivity (Wildman–Crippen MR) is 60.3 cm³/mol. The van der Waals surface area contributed by atoms with E-state index in [-0.39, 0.29) is 6.04 Å². The lowest BCUT2D eigenvalue weighted by Gasteiger charge is -2.09. The fraction of sp³-hybridized carbons (Fsp3) is 0.583. The maximum absolute atomic E-state index is 5.45. The Balaban J connectivity index is 2.46. The Hall–Kier alpha value is -1.27.